The van der Waals surface area contributed by atoms with E-state index < -0.39 is 11.7 Å². The molecule has 0 unspecified atom stereocenters. The number of rotatable bonds is 5. The van der Waals surface area contributed by atoms with Crippen molar-refractivity contribution in [1.29, 1.82) is 0 Å². The van der Waals surface area contributed by atoms with Crippen LogP contribution in [0.3, 0.4) is 0 Å². The number of hydrogen-bond acceptors (Lipinski definition) is 3. The Balaban J connectivity index is 1.74. The molecule has 0 aromatic heterocycles. The lowest BCUT2D eigenvalue weighted by molar-refractivity contribution is -0.0490. The predicted molar refractivity (Wildman–Crippen MR) is 87.1 cm³/mol. The second kappa shape index (κ2) is 6.24. The van der Waals surface area contributed by atoms with Crippen molar-refractivity contribution >= 4 is 11.9 Å². The van der Waals surface area contributed by atoms with Gasteiger partial charge in [0.05, 0.1) is 0 Å². The largest absolute Gasteiger partial charge is 0.438 e. The van der Waals surface area contributed by atoms with Gasteiger partial charge in [0.1, 0.15) is 5.60 Å². The number of carbonyl (C=O) groups is 2. The van der Waals surface area contributed by atoms with E-state index in [-0.39, 0.29) is 5.78 Å². The first-order chi connectivity index (χ1) is 11.1. The Morgan fingerprint density at radius 2 is 1.65 bits per heavy atom. The average molecular weight is 309 g/mol. The Labute approximate surface area is 135 Å². The number of amides is 1. The van der Waals surface area contributed by atoms with Crippen molar-refractivity contribution in [2.24, 2.45) is 5.73 Å². The van der Waals surface area contributed by atoms with Gasteiger partial charge in [-0.25, -0.2) is 4.79 Å². The van der Waals surface area contributed by atoms with Gasteiger partial charge in [0.15, 0.2) is 5.78 Å². The Kier molecular flexibility index (Phi) is 4.15. The summed E-state index contributed by atoms with van der Waals surface area (Å²) in [4.78, 5) is 23.4. The monoisotopic (exact) mass is 309 g/mol. The predicted octanol–water partition coefficient (Wildman–Crippen LogP) is 3.59. The fourth-order valence-electron chi connectivity index (χ4n) is 2.98. The lowest BCUT2D eigenvalue weighted by Gasteiger charge is -2.40. The molecule has 4 nitrogen and oxygen atoms in total. The van der Waals surface area contributed by atoms with Crippen LogP contribution in [0, 0.1) is 0 Å². The van der Waals surface area contributed by atoms with Crippen LogP contribution in [0.15, 0.2) is 54.6 Å². The lowest BCUT2D eigenvalue weighted by atomic mass is 9.74. The zero-order valence-electron chi connectivity index (χ0n) is 12.8. The first-order valence-corrected chi connectivity index (χ1v) is 7.75. The minimum absolute atomic E-state index is 0.0706. The van der Waals surface area contributed by atoms with Gasteiger partial charge in [-0.1, -0.05) is 54.6 Å². The van der Waals surface area contributed by atoms with Gasteiger partial charge in [-0.2, -0.15) is 0 Å². The number of carbonyl (C=O) groups excluding carboxylic acids is 2. The maximum Gasteiger partial charge on any atom is 0.405 e. The third-order valence-corrected chi connectivity index (χ3v) is 4.40. The quantitative estimate of drug-likeness (QED) is 0.858. The topological polar surface area (TPSA) is 69.4 Å². The first-order valence-electron chi connectivity index (χ1n) is 7.75. The molecule has 3 rings (SSSR count). The average Bonchev–Trinajstić information content (AvgIpc) is 2.52. The van der Waals surface area contributed by atoms with Crippen LogP contribution in [0.4, 0.5) is 4.79 Å². The van der Waals surface area contributed by atoms with Crippen LogP contribution in [0.5, 0.6) is 0 Å². The third kappa shape index (κ3) is 3.26. The van der Waals surface area contributed by atoms with Crippen molar-refractivity contribution in [3.8, 4) is 0 Å². The molecule has 1 aliphatic rings. The fraction of sp³-hybridized carbons (Fsp3) is 0.263. The Morgan fingerprint density at radius 3 is 2.17 bits per heavy atom. The fourth-order valence-corrected chi connectivity index (χ4v) is 2.98. The third-order valence-electron chi connectivity index (χ3n) is 4.40. The van der Waals surface area contributed by atoms with E-state index in [1.807, 2.05) is 42.5 Å². The summed E-state index contributed by atoms with van der Waals surface area (Å²) in [6.45, 7) is 0. The molecule has 1 saturated carbocycles. The number of benzene rings is 2. The van der Waals surface area contributed by atoms with Gasteiger partial charge in [0.25, 0.3) is 0 Å². The highest BCUT2D eigenvalue weighted by atomic mass is 16.6. The summed E-state index contributed by atoms with van der Waals surface area (Å²) in [7, 11) is 0. The molecule has 0 saturated heterocycles. The van der Waals surface area contributed by atoms with Crippen molar-refractivity contribution < 1.29 is 14.3 Å². The number of hydrogen-bond donors (Lipinski definition) is 1. The van der Waals surface area contributed by atoms with E-state index in [0.29, 0.717) is 12.0 Å². The van der Waals surface area contributed by atoms with Crippen LogP contribution in [-0.2, 0) is 16.8 Å². The molecule has 1 aliphatic carbocycles. The Bertz CT molecular complexity index is 703. The second-order valence-electron chi connectivity index (χ2n) is 5.93. The summed E-state index contributed by atoms with van der Waals surface area (Å²) in [6.07, 6.45) is 2.17. The first kappa shape index (κ1) is 15.3. The summed E-state index contributed by atoms with van der Waals surface area (Å²) in [5.74, 6) is 0.0706. The van der Waals surface area contributed by atoms with Crippen molar-refractivity contribution in [2.45, 2.75) is 31.3 Å². The van der Waals surface area contributed by atoms with Crippen LogP contribution in [-0.4, -0.2) is 11.9 Å². The number of ketones is 1. The van der Waals surface area contributed by atoms with Crippen molar-refractivity contribution in [3.05, 3.63) is 71.3 Å². The molecular weight excluding hydrogens is 290 g/mol. The maximum absolute atomic E-state index is 12.3. The molecule has 118 valence electrons. The van der Waals surface area contributed by atoms with E-state index in [0.717, 1.165) is 30.4 Å². The maximum atomic E-state index is 12.3. The van der Waals surface area contributed by atoms with Gasteiger partial charge in [0, 0.05) is 12.0 Å². The van der Waals surface area contributed by atoms with E-state index in [4.69, 9.17) is 10.5 Å². The molecule has 0 aliphatic heterocycles. The van der Waals surface area contributed by atoms with E-state index in [9.17, 15) is 9.59 Å². The van der Waals surface area contributed by atoms with Crippen molar-refractivity contribution in [1.82, 2.24) is 0 Å². The highest BCUT2D eigenvalue weighted by molar-refractivity contribution is 5.97. The zero-order valence-corrected chi connectivity index (χ0v) is 12.8. The van der Waals surface area contributed by atoms with E-state index in [1.165, 1.54) is 0 Å². The number of nitrogens with two attached hydrogens (primary N) is 1. The summed E-state index contributed by atoms with van der Waals surface area (Å²) < 4.78 is 5.31. The SMILES string of the molecule is NC(=O)OC1(c2ccc(C(=O)Cc3ccccc3)cc2)CCC1. The summed E-state index contributed by atoms with van der Waals surface area (Å²) in [5, 5.41) is 0. The molecule has 0 spiro atoms. The summed E-state index contributed by atoms with van der Waals surface area (Å²) in [6, 6.07) is 17.0. The molecule has 0 atom stereocenters. The van der Waals surface area contributed by atoms with Crippen molar-refractivity contribution in [3.63, 3.8) is 0 Å². The molecule has 0 heterocycles. The van der Waals surface area contributed by atoms with Gasteiger partial charge in [0.2, 0.25) is 0 Å². The molecule has 1 amide bonds. The minimum atomic E-state index is -0.756. The van der Waals surface area contributed by atoms with Gasteiger partial charge in [-0.05, 0) is 30.4 Å². The molecule has 2 aromatic rings. The normalized spacial score (nSPS) is 15.5. The molecule has 2 aromatic carbocycles. The summed E-state index contributed by atoms with van der Waals surface area (Å²) >= 11 is 0. The van der Waals surface area contributed by atoms with Gasteiger partial charge in [-0.15, -0.1) is 0 Å². The molecule has 1 fully saturated rings. The molecule has 0 bridgehead atoms. The highest BCUT2D eigenvalue weighted by Gasteiger charge is 2.42. The van der Waals surface area contributed by atoms with Gasteiger partial charge in [-0.3, -0.25) is 4.79 Å². The minimum Gasteiger partial charge on any atom is -0.438 e. The van der Waals surface area contributed by atoms with Crippen molar-refractivity contribution in [2.75, 3.05) is 0 Å². The van der Waals surface area contributed by atoms with Crippen LogP contribution in [0.2, 0.25) is 0 Å². The van der Waals surface area contributed by atoms with Crippen LogP contribution in [0.25, 0.3) is 0 Å². The molecule has 4 heteroatoms. The smallest absolute Gasteiger partial charge is 0.405 e. The molecule has 23 heavy (non-hydrogen) atoms. The van der Waals surface area contributed by atoms with Gasteiger partial charge < -0.3 is 10.5 Å². The van der Waals surface area contributed by atoms with E-state index in [1.54, 1.807) is 12.1 Å². The number of primary amides is 1. The summed E-state index contributed by atoms with van der Waals surface area (Å²) in [5.41, 5.74) is 7.12. The van der Waals surface area contributed by atoms with Crippen LogP contribution in [0.1, 0.15) is 40.7 Å². The molecule has 2 N–H and O–H groups in total. The van der Waals surface area contributed by atoms with E-state index in [2.05, 4.69) is 0 Å². The number of ether oxygens (including phenoxy) is 1. The van der Waals surface area contributed by atoms with E-state index >= 15 is 0 Å². The second-order valence-corrected chi connectivity index (χ2v) is 5.93. The Hall–Kier alpha value is -2.62. The Morgan fingerprint density at radius 1 is 1.00 bits per heavy atom. The van der Waals surface area contributed by atoms with Gasteiger partial charge >= 0.3 is 6.09 Å². The van der Waals surface area contributed by atoms with Crippen LogP contribution < -0.4 is 5.73 Å². The number of Topliss-reactive ketones (excluding diaryl/α,β-unsaturated/α-hetero) is 1. The lowest BCUT2D eigenvalue weighted by Crippen LogP contribution is -2.40. The standard InChI is InChI=1S/C19H19NO3/c20-18(22)23-19(11-4-12-19)16-9-7-15(8-10-16)17(21)13-14-5-2-1-3-6-14/h1-3,5-10H,4,11-13H2,(H2,20,22). The highest BCUT2D eigenvalue weighted by Crippen LogP contribution is 2.44. The molecule has 0 radical (unpaired) electrons. The molecular formula is C19H19NO3. The van der Waals surface area contributed by atoms with Crippen LogP contribution >= 0.6 is 0 Å². The zero-order chi connectivity index (χ0) is 16.3.